The Hall–Kier alpha value is -2.78. The molecule has 0 bridgehead atoms. The molecule has 0 aliphatic carbocycles. The molecule has 4 rings (SSSR count). The Morgan fingerprint density at radius 2 is 1.81 bits per heavy atom. The zero-order chi connectivity index (χ0) is 23.1. The van der Waals surface area contributed by atoms with Gasteiger partial charge >= 0.3 is 12.1 Å². The lowest BCUT2D eigenvalue weighted by molar-refractivity contribution is -0.192. The van der Waals surface area contributed by atoms with Crippen LogP contribution in [0.25, 0.3) is 10.1 Å². The Labute approximate surface area is 188 Å². The lowest BCUT2D eigenvalue weighted by atomic mass is 10.0. The largest absolute Gasteiger partial charge is 0.497 e. The van der Waals surface area contributed by atoms with E-state index < -0.39 is 12.1 Å². The summed E-state index contributed by atoms with van der Waals surface area (Å²) < 4.78 is 38.4. The number of aliphatic carboxylic acids is 1. The van der Waals surface area contributed by atoms with Crippen molar-refractivity contribution in [3.8, 4) is 5.75 Å². The molecule has 2 aromatic carbocycles. The lowest BCUT2D eigenvalue weighted by Gasteiger charge is -2.36. The third-order valence-corrected chi connectivity index (χ3v) is 6.17. The standard InChI is InChI=1S/C21H24N2OS.C2HF3O2/c1-24-20-5-2-16(3-6-20)15-23(18-8-11-22-12-9-18)19-4-7-21-17(14-19)10-13-25-21;3-2(4,5)1(6)7/h2-7,10,13-14,18,22H,8-9,11-12,15H2,1H3;(H,6,7). The minimum absolute atomic E-state index is 0.583. The maximum absolute atomic E-state index is 10.6. The first-order valence-electron chi connectivity index (χ1n) is 10.2. The van der Waals surface area contributed by atoms with E-state index in [4.69, 9.17) is 14.6 Å². The highest BCUT2D eigenvalue weighted by Crippen LogP contribution is 2.30. The number of methoxy groups -OCH3 is 1. The molecule has 5 nitrogen and oxygen atoms in total. The Balaban J connectivity index is 0.000000360. The number of benzene rings is 2. The Kier molecular flexibility index (Phi) is 7.98. The number of carboxylic acids is 1. The lowest BCUT2D eigenvalue weighted by Crippen LogP contribution is -2.43. The number of anilines is 1. The van der Waals surface area contributed by atoms with E-state index in [1.54, 1.807) is 7.11 Å². The highest BCUT2D eigenvalue weighted by atomic mass is 32.1. The predicted octanol–water partition coefficient (Wildman–Crippen LogP) is 5.30. The van der Waals surface area contributed by atoms with Crippen molar-refractivity contribution in [2.75, 3.05) is 25.1 Å². The minimum atomic E-state index is -5.08. The highest BCUT2D eigenvalue weighted by molar-refractivity contribution is 7.17. The maximum atomic E-state index is 10.6. The molecule has 2 heterocycles. The average Bonchev–Trinajstić information content (AvgIpc) is 3.26. The number of carboxylic acid groups (broad SMARTS) is 1. The van der Waals surface area contributed by atoms with Crippen LogP contribution >= 0.6 is 11.3 Å². The molecular weight excluding hydrogens is 441 g/mol. The van der Waals surface area contributed by atoms with Crippen molar-refractivity contribution in [3.63, 3.8) is 0 Å². The van der Waals surface area contributed by atoms with Crippen molar-refractivity contribution in [1.29, 1.82) is 0 Å². The van der Waals surface area contributed by atoms with Crippen molar-refractivity contribution in [2.24, 2.45) is 0 Å². The molecule has 1 fully saturated rings. The maximum Gasteiger partial charge on any atom is 0.490 e. The van der Waals surface area contributed by atoms with Crippen molar-refractivity contribution < 1.29 is 27.8 Å². The third-order valence-electron chi connectivity index (χ3n) is 5.27. The van der Waals surface area contributed by atoms with Gasteiger partial charge in [0, 0.05) is 23.0 Å². The molecule has 0 radical (unpaired) electrons. The van der Waals surface area contributed by atoms with Crippen LogP contribution in [0.3, 0.4) is 0 Å². The van der Waals surface area contributed by atoms with Gasteiger partial charge in [0.1, 0.15) is 5.75 Å². The predicted molar refractivity (Wildman–Crippen MR) is 121 cm³/mol. The average molecular weight is 467 g/mol. The SMILES string of the molecule is COc1ccc(CN(c2ccc3sccc3c2)C2CCNCC2)cc1.O=C(O)C(F)(F)F. The third kappa shape index (κ3) is 6.37. The number of nitrogens with one attached hydrogen (secondary N) is 1. The smallest absolute Gasteiger partial charge is 0.490 e. The molecule has 1 aliphatic heterocycles. The Morgan fingerprint density at radius 1 is 1.16 bits per heavy atom. The van der Waals surface area contributed by atoms with Crippen LogP contribution < -0.4 is 15.0 Å². The van der Waals surface area contributed by atoms with Gasteiger partial charge in [0.05, 0.1) is 7.11 Å². The quantitative estimate of drug-likeness (QED) is 0.534. The van der Waals surface area contributed by atoms with Crippen LogP contribution in [0, 0.1) is 0 Å². The van der Waals surface area contributed by atoms with Gasteiger partial charge in [-0.2, -0.15) is 13.2 Å². The van der Waals surface area contributed by atoms with Crippen LogP contribution in [0.1, 0.15) is 18.4 Å². The van der Waals surface area contributed by atoms with Gasteiger partial charge in [-0.05, 0) is 78.7 Å². The van der Waals surface area contributed by atoms with Gasteiger partial charge in [0.2, 0.25) is 0 Å². The number of halogens is 3. The molecule has 1 aromatic heterocycles. The van der Waals surface area contributed by atoms with Crippen molar-refractivity contribution >= 4 is 33.1 Å². The van der Waals surface area contributed by atoms with Crippen LogP contribution in [0.5, 0.6) is 5.75 Å². The molecule has 0 unspecified atom stereocenters. The number of thiophene rings is 1. The summed E-state index contributed by atoms with van der Waals surface area (Å²) in [5.74, 6) is -1.84. The number of nitrogens with zero attached hydrogens (tertiary/aromatic N) is 1. The second kappa shape index (κ2) is 10.7. The molecule has 0 atom stereocenters. The van der Waals surface area contributed by atoms with E-state index in [1.165, 1.54) is 34.2 Å². The fourth-order valence-electron chi connectivity index (χ4n) is 3.61. The number of ether oxygens (including phenoxy) is 1. The normalized spacial score (nSPS) is 14.5. The van der Waals surface area contributed by atoms with Gasteiger partial charge < -0.3 is 20.1 Å². The molecule has 172 valence electrons. The number of hydrogen-bond donors (Lipinski definition) is 2. The summed E-state index contributed by atoms with van der Waals surface area (Å²) in [5.41, 5.74) is 2.65. The molecule has 9 heteroatoms. The summed E-state index contributed by atoms with van der Waals surface area (Å²) in [4.78, 5) is 11.5. The van der Waals surface area contributed by atoms with E-state index in [1.807, 2.05) is 11.3 Å². The van der Waals surface area contributed by atoms with Crippen LogP contribution in [0.15, 0.2) is 53.9 Å². The molecule has 32 heavy (non-hydrogen) atoms. The summed E-state index contributed by atoms with van der Waals surface area (Å²) >= 11 is 1.81. The summed E-state index contributed by atoms with van der Waals surface area (Å²) in [5, 5.41) is 14.1. The van der Waals surface area contributed by atoms with Crippen LogP contribution in [0.4, 0.5) is 18.9 Å². The summed E-state index contributed by atoms with van der Waals surface area (Å²) in [6.45, 7) is 3.14. The van der Waals surface area contributed by atoms with E-state index in [0.29, 0.717) is 6.04 Å². The molecule has 3 aromatic rings. The van der Waals surface area contributed by atoms with Gasteiger partial charge in [-0.1, -0.05) is 12.1 Å². The zero-order valence-electron chi connectivity index (χ0n) is 17.6. The van der Waals surface area contributed by atoms with E-state index in [0.717, 1.165) is 25.4 Å². The van der Waals surface area contributed by atoms with Gasteiger partial charge in [-0.3, -0.25) is 0 Å². The van der Waals surface area contributed by atoms with Crippen molar-refractivity contribution in [2.45, 2.75) is 31.6 Å². The molecule has 2 N–H and O–H groups in total. The van der Waals surface area contributed by atoms with Crippen LogP contribution in [0.2, 0.25) is 0 Å². The second-order valence-corrected chi connectivity index (χ2v) is 8.35. The summed E-state index contributed by atoms with van der Waals surface area (Å²) in [7, 11) is 1.71. The number of alkyl halides is 3. The fourth-order valence-corrected chi connectivity index (χ4v) is 4.38. The molecule has 0 amide bonds. The topological polar surface area (TPSA) is 61.8 Å². The van der Waals surface area contributed by atoms with Gasteiger partial charge in [0.25, 0.3) is 0 Å². The van der Waals surface area contributed by atoms with E-state index in [-0.39, 0.29) is 0 Å². The number of carbonyl (C=O) groups is 1. The monoisotopic (exact) mass is 466 g/mol. The number of fused-ring (bicyclic) bond motifs is 1. The summed E-state index contributed by atoms with van der Waals surface area (Å²) in [6.07, 6.45) is -2.70. The number of hydrogen-bond acceptors (Lipinski definition) is 5. The van der Waals surface area contributed by atoms with E-state index in [2.05, 4.69) is 64.1 Å². The first-order chi connectivity index (χ1) is 15.3. The summed E-state index contributed by atoms with van der Waals surface area (Å²) in [6, 6.07) is 18.2. The minimum Gasteiger partial charge on any atom is -0.497 e. The fraction of sp³-hybridized carbons (Fsp3) is 0.348. The number of rotatable bonds is 5. The molecular formula is C23H25F3N2O3S. The molecule has 1 saturated heterocycles. The molecule has 0 saturated carbocycles. The Bertz CT molecular complexity index is 1020. The van der Waals surface area contributed by atoms with Crippen LogP contribution in [-0.2, 0) is 11.3 Å². The van der Waals surface area contributed by atoms with Gasteiger partial charge in [-0.25, -0.2) is 4.79 Å². The van der Waals surface area contributed by atoms with Gasteiger partial charge in [-0.15, -0.1) is 11.3 Å². The number of piperidine rings is 1. The van der Waals surface area contributed by atoms with Crippen molar-refractivity contribution in [3.05, 3.63) is 59.5 Å². The first-order valence-corrected chi connectivity index (χ1v) is 11.0. The second-order valence-electron chi connectivity index (χ2n) is 7.40. The Morgan fingerprint density at radius 3 is 2.41 bits per heavy atom. The molecule has 1 aliphatic rings. The van der Waals surface area contributed by atoms with E-state index >= 15 is 0 Å². The van der Waals surface area contributed by atoms with Gasteiger partial charge in [0.15, 0.2) is 0 Å². The van der Waals surface area contributed by atoms with Crippen LogP contribution in [-0.4, -0.2) is 43.5 Å². The molecule has 0 spiro atoms. The van der Waals surface area contributed by atoms with E-state index in [9.17, 15) is 13.2 Å². The van der Waals surface area contributed by atoms with Crippen molar-refractivity contribution in [1.82, 2.24) is 5.32 Å². The first kappa shape index (κ1) is 23.9. The highest BCUT2D eigenvalue weighted by Gasteiger charge is 2.38. The zero-order valence-corrected chi connectivity index (χ0v) is 18.4.